The summed E-state index contributed by atoms with van der Waals surface area (Å²) in [6.45, 7) is 10.4. The lowest BCUT2D eigenvalue weighted by atomic mass is 10.1. The Hall–Kier alpha value is -2.39. The van der Waals surface area contributed by atoms with E-state index < -0.39 is 0 Å². The highest BCUT2D eigenvalue weighted by molar-refractivity contribution is 5.91. The summed E-state index contributed by atoms with van der Waals surface area (Å²) in [5.74, 6) is -0.0711. The zero-order valence-electron chi connectivity index (χ0n) is 15.5. The van der Waals surface area contributed by atoms with Gasteiger partial charge in [0.1, 0.15) is 6.54 Å². The second kappa shape index (κ2) is 9.80. The van der Waals surface area contributed by atoms with Gasteiger partial charge in [-0.15, -0.1) is 0 Å². The van der Waals surface area contributed by atoms with Crippen molar-refractivity contribution in [2.75, 3.05) is 13.1 Å². The third-order valence-electron chi connectivity index (χ3n) is 4.41. The summed E-state index contributed by atoms with van der Waals surface area (Å²) >= 11 is 0. The van der Waals surface area contributed by atoms with Gasteiger partial charge >= 0.3 is 0 Å². The number of carbonyl (C=O) groups is 1. The smallest absolute Gasteiger partial charge is 0.244 e. The molecule has 0 saturated heterocycles. The van der Waals surface area contributed by atoms with Crippen LogP contribution in [0.2, 0.25) is 0 Å². The zero-order chi connectivity index (χ0) is 18.1. The Morgan fingerprint density at radius 3 is 2.36 bits per heavy atom. The van der Waals surface area contributed by atoms with Crippen LogP contribution in [0.4, 0.5) is 0 Å². The number of carbonyl (C=O) groups excluding carboxylic acids is 1. The average molecular weight is 337 g/mol. The summed E-state index contributed by atoms with van der Waals surface area (Å²) in [5.41, 5.74) is 4.69. The first-order valence-corrected chi connectivity index (χ1v) is 9.04. The first-order chi connectivity index (χ1) is 12.1. The van der Waals surface area contributed by atoms with E-state index in [-0.39, 0.29) is 5.91 Å². The third kappa shape index (κ3) is 6.55. The van der Waals surface area contributed by atoms with Gasteiger partial charge in [-0.25, -0.2) is 0 Å². The van der Waals surface area contributed by atoms with Gasteiger partial charge in [-0.05, 0) is 38.0 Å². The van der Waals surface area contributed by atoms with Crippen LogP contribution >= 0.6 is 0 Å². The third-order valence-corrected chi connectivity index (χ3v) is 4.41. The minimum absolute atomic E-state index is 0.0711. The van der Waals surface area contributed by atoms with E-state index in [0.717, 1.165) is 30.8 Å². The Labute approximate surface area is 151 Å². The number of rotatable bonds is 8. The normalized spacial score (nSPS) is 11.2. The van der Waals surface area contributed by atoms with Gasteiger partial charge in [-0.3, -0.25) is 4.79 Å². The summed E-state index contributed by atoms with van der Waals surface area (Å²) in [5, 5.41) is 2.94. The molecule has 0 aromatic heterocycles. The number of quaternary nitrogens is 1. The molecular formula is C22H29N2O+. The quantitative estimate of drug-likeness (QED) is 0.714. The number of hydrogen-bond acceptors (Lipinski definition) is 1. The van der Waals surface area contributed by atoms with Gasteiger partial charge in [-0.1, -0.05) is 54.1 Å². The number of amides is 1. The molecule has 132 valence electrons. The van der Waals surface area contributed by atoms with Crippen LogP contribution in [0.5, 0.6) is 0 Å². The molecule has 0 saturated carbocycles. The van der Waals surface area contributed by atoms with Crippen LogP contribution in [0.1, 0.15) is 36.1 Å². The summed E-state index contributed by atoms with van der Waals surface area (Å²) < 4.78 is 0. The topological polar surface area (TPSA) is 33.5 Å². The van der Waals surface area contributed by atoms with Crippen LogP contribution in [0, 0.1) is 6.92 Å². The van der Waals surface area contributed by atoms with E-state index >= 15 is 0 Å². The van der Waals surface area contributed by atoms with Crippen molar-refractivity contribution in [1.82, 2.24) is 5.32 Å². The SMILES string of the molecule is CC[NH+](CC)Cc1ccc(CNC(=O)/C=C/c2cccc(C)c2)cc1. The van der Waals surface area contributed by atoms with Crippen LogP contribution in [0.3, 0.4) is 0 Å². The van der Waals surface area contributed by atoms with Crippen molar-refractivity contribution in [3.05, 3.63) is 76.9 Å². The van der Waals surface area contributed by atoms with Gasteiger partial charge in [0.05, 0.1) is 13.1 Å². The standard InChI is InChI=1S/C22H28N2O/c1-4-24(5-2)17-21-11-9-20(10-12-21)16-23-22(25)14-13-19-8-6-7-18(3)15-19/h6-15H,4-5,16-17H2,1-3H3,(H,23,25)/p+1/b14-13+. The Kier molecular flexibility index (Phi) is 7.42. The monoisotopic (exact) mass is 337 g/mol. The molecule has 25 heavy (non-hydrogen) atoms. The van der Waals surface area contributed by atoms with Gasteiger partial charge in [0.2, 0.25) is 5.91 Å². The molecule has 0 aliphatic heterocycles. The summed E-state index contributed by atoms with van der Waals surface area (Å²) in [7, 11) is 0. The Morgan fingerprint density at radius 2 is 1.72 bits per heavy atom. The van der Waals surface area contributed by atoms with Gasteiger partial charge < -0.3 is 10.2 Å². The number of benzene rings is 2. The maximum absolute atomic E-state index is 12.0. The molecule has 2 rings (SSSR count). The number of aryl methyl sites for hydroxylation is 1. The summed E-state index contributed by atoms with van der Waals surface area (Å²) in [6.07, 6.45) is 3.44. The molecule has 0 heterocycles. The van der Waals surface area contributed by atoms with E-state index in [2.05, 4.69) is 49.5 Å². The van der Waals surface area contributed by atoms with Crippen molar-refractivity contribution in [3.8, 4) is 0 Å². The molecule has 0 aliphatic carbocycles. The molecule has 0 spiro atoms. The fourth-order valence-electron chi connectivity index (χ4n) is 2.76. The molecule has 2 aromatic carbocycles. The van der Waals surface area contributed by atoms with Gasteiger partial charge in [0, 0.05) is 18.2 Å². The molecular weight excluding hydrogens is 308 g/mol. The van der Waals surface area contributed by atoms with Crippen molar-refractivity contribution >= 4 is 12.0 Å². The van der Waals surface area contributed by atoms with Gasteiger partial charge in [0.25, 0.3) is 0 Å². The van der Waals surface area contributed by atoms with Crippen molar-refractivity contribution < 1.29 is 9.69 Å². The van der Waals surface area contributed by atoms with Crippen LogP contribution in [0.15, 0.2) is 54.6 Å². The first kappa shape index (κ1) is 18.9. The lowest BCUT2D eigenvalue weighted by molar-refractivity contribution is -0.910. The summed E-state index contributed by atoms with van der Waals surface area (Å²) in [6, 6.07) is 16.6. The van der Waals surface area contributed by atoms with E-state index in [1.54, 1.807) is 11.0 Å². The van der Waals surface area contributed by atoms with E-state index in [4.69, 9.17) is 0 Å². The minimum Gasteiger partial charge on any atom is -0.348 e. The fourth-order valence-corrected chi connectivity index (χ4v) is 2.76. The molecule has 2 aromatic rings. The van der Waals surface area contributed by atoms with Crippen LogP contribution in [0.25, 0.3) is 6.08 Å². The van der Waals surface area contributed by atoms with E-state index in [1.165, 1.54) is 11.1 Å². The molecule has 0 unspecified atom stereocenters. The highest BCUT2D eigenvalue weighted by Crippen LogP contribution is 2.06. The van der Waals surface area contributed by atoms with Crippen molar-refractivity contribution in [2.45, 2.75) is 33.9 Å². The molecule has 0 bridgehead atoms. The lowest BCUT2D eigenvalue weighted by Gasteiger charge is -2.15. The largest absolute Gasteiger partial charge is 0.348 e. The molecule has 0 fully saturated rings. The minimum atomic E-state index is -0.0711. The van der Waals surface area contributed by atoms with Crippen LogP contribution in [-0.2, 0) is 17.9 Å². The van der Waals surface area contributed by atoms with Crippen molar-refractivity contribution in [3.63, 3.8) is 0 Å². The molecule has 0 aliphatic rings. The molecule has 0 atom stereocenters. The molecule has 2 N–H and O–H groups in total. The van der Waals surface area contributed by atoms with E-state index in [0.29, 0.717) is 6.54 Å². The Bertz CT molecular complexity index is 700. The predicted molar refractivity (Wildman–Crippen MR) is 104 cm³/mol. The van der Waals surface area contributed by atoms with E-state index in [9.17, 15) is 4.79 Å². The van der Waals surface area contributed by atoms with Crippen LogP contribution in [-0.4, -0.2) is 19.0 Å². The molecule has 3 nitrogen and oxygen atoms in total. The molecule has 1 amide bonds. The second-order valence-electron chi connectivity index (χ2n) is 6.42. The average Bonchev–Trinajstić information content (AvgIpc) is 2.63. The Balaban J connectivity index is 1.83. The van der Waals surface area contributed by atoms with Gasteiger partial charge in [-0.2, -0.15) is 0 Å². The molecule has 3 heteroatoms. The first-order valence-electron chi connectivity index (χ1n) is 9.04. The van der Waals surface area contributed by atoms with Gasteiger partial charge in [0.15, 0.2) is 0 Å². The highest BCUT2D eigenvalue weighted by atomic mass is 16.1. The molecule has 0 radical (unpaired) electrons. The lowest BCUT2D eigenvalue weighted by Crippen LogP contribution is -3.10. The maximum atomic E-state index is 12.0. The highest BCUT2D eigenvalue weighted by Gasteiger charge is 2.04. The van der Waals surface area contributed by atoms with Crippen molar-refractivity contribution in [1.29, 1.82) is 0 Å². The predicted octanol–water partition coefficient (Wildman–Crippen LogP) is 2.75. The maximum Gasteiger partial charge on any atom is 0.244 e. The van der Waals surface area contributed by atoms with E-state index in [1.807, 2.05) is 31.2 Å². The number of nitrogens with one attached hydrogen (secondary N) is 2. The Morgan fingerprint density at radius 1 is 1.04 bits per heavy atom. The zero-order valence-corrected chi connectivity index (χ0v) is 15.5. The van der Waals surface area contributed by atoms with Crippen molar-refractivity contribution in [2.24, 2.45) is 0 Å². The number of hydrogen-bond donors (Lipinski definition) is 2. The fraction of sp³-hybridized carbons (Fsp3) is 0.318. The van der Waals surface area contributed by atoms with Crippen LogP contribution < -0.4 is 10.2 Å². The summed E-state index contributed by atoms with van der Waals surface area (Å²) in [4.78, 5) is 13.5. The second-order valence-corrected chi connectivity index (χ2v) is 6.42.